The van der Waals surface area contributed by atoms with Gasteiger partial charge in [0.2, 0.25) is 5.13 Å². The molecule has 1 aromatic carbocycles. The molecule has 0 atom stereocenters. The summed E-state index contributed by atoms with van der Waals surface area (Å²) in [6.45, 7) is 0. The van der Waals surface area contributed by atoms with Crippen molar-refractivity contribution in [2.24, 2.45) is 0 Å². The van der Waals surface area contributed by atoms with Crippen LogP contribution in [0.15, 0.2) is 35.1 Å². The number of aliphatic carboxylic acids is 1. The predicted molar refractivity (Wildman–Crippen MR) is 68.3 cm³/mol. The highest BCUT2D eigenvalue weighted by molar-refractivity contribution is 7.20. The Morgan fingerprint density at radius 3 is 2.95 bits per heavy atom. The van der Waals surface area contributed by atoms with Crippen molar-refractivity contribution in [3.8, 4) is 5.13 Å². The van der Waals surface area contributed by atoms with Crippen LogP contribution in [0.3, 0.4) is 0 Å². The van der Waals surface area contributed by atoms with E-state index in [0.717, 1.165) is 10.2 Å². The molecule has 3 rings (SSSR count). The molecule has 0 amide bonds. The molecule has 0 bridgehead atoms. The lowest BCUT2D eigenvalue weighted by Gasteiger charge is -1.98. The fourth-order valence-electron chi connectivity index (χ4n) is 1.79. The van der Waals surface area contributed by atoms with E-state index in [9.17, 15) is 14.7 Å². The van der Waals surface area contributed by atoms with Gasteiger partial charge in [-0.3, -0.25) is 9.89 Å². The van der Waals surface area contributed by atoms with Crippen LogP contribution in [-0.4, -0.2) is 20.7 Å². The lowest BCUT2D eigenvalue weighted by molar-refractivity contribution is -0.304. The van der Waals surface area contributed by atoms with Crippen LogP contribution in [0.25, 0.3) is 15.3 Å². The number of carboxylic acid groups (broad SMARTS) is 1. The monoisotopic (exact) mass is 274 g/mol. The second-order valence-electron chi connectivity index (χ2n) is 3.97. The first-order valence-corrected chi connectivity index (χ1v) is 6.32. The largest absolute Gasteiger partial charge is 0.550 e. The Hall–Kier alpha value is -2.41. The number of nitrogens with zero attached hydrogens (tertiary/aromatic N) is 2. The molecule has 0 radical (unpaired) electrons. The third-order valence-electron chi connectivity index (χ3n) is 2.58. The molecule has 0 saturated heterocycles. The summed E-state index contributed by atoms with van der Waals surface area (Å²) in [6, 6.07) is 8.76. The fourth-order valence-corrected chi connectivity index (χ4v) is 2.72. The van der Waals surface area contributed by atoms with Gasteiger partial charge in [0.1, 0.15) is 0 Å². The molecule has 19 heavy (non-hydrogen) atoms. The molecule has 0 spiro atoms. The van der Waals surface area contributed by atoms with Gasteiger partial charge in [-0.15, -0.1) is 0 Å². The molecule has 2 aromatic heterocycles. The van der Waals surface area contributed by atoms with Crippen LogP contribution in [0.4, 0.5) is 0 Å². The number of aromatic amines is 1. The van der Waals surface area contributed by atoms with E-state index in [1.807, 2.05) is 24.3 Å². The van der Waals surface area contributed by atoms with Crippen molar-refractivity contribution in [1.29, 1.82) is 0 Å². The first-order valence-electron chi connectivity index (χ1n) is 5.50. The molecule has 96 valence electrons. The van der Waals surface area contributed by atoms with E-state index in [-0.39, 0.29) is 12.0 Å². The molecule has 3 aromatic rings. The maximum atomic E-state index is 11.8. The number of carboxylic acids is 1. The van der Waals surface area contributed by atoms with Gasteiger partial charge in [0.05, 0.1) is 10.2 Å². The zero-order valence-corrected chi connectivity index (χ0v) is 10.4. The number of para-hydroxylation sites is 1. The minimum atomic E-state index is -1.24. The van der Waals surface area contributed by atoms with Gasteiger partial charge in [0.25, 0.3) is 5.56 Å². The predicted octanol–water partition coefficient (Wildman–Crippen LogP) is 0.0677. The van der Waals surface area contributed by atoms with Crippen molar-refractivity contribution in [2.45, 2.75) is 6.42 Å². The Bertz CT molecular complexity index is 782. The highest BCUT2D eigenvalue weighted by Crippen LogP contribution is 2.23. The zero-order valence-electron chi connectivity index (χ0n) is 9.62. The lowest BCUT2D eigenvalue weighted by Crippen LogP contribution is -2.24. The average molecular weight is 274 g/mol. The molecule has 0 saturated carbocycles. The molecule has 7 heteroatoms. The number of H-pyrrole nitrogens is 1. The SMILES string of the molecule is O=C([O-])Cc1cc(=O)n(-c2nc3ccccc3s2)[nH]1. The minimum absolute atomic E-state index is 0.296. The number of benzene rings is 1. The van der Waals surface area contributed by atoms with Crippen LogP contribution in [0, 0.1) is 0 Å². The second kappa shape index (κ2) is 4.36. The van der Waals surface area contributed by atoms with Gasteiger partial charge in [0.15, 0.2) is 0 Å². The zero-order chi connectivity index (χ0) is 13.4. The third-order valence-corrected chi connectivity index (χ3v) is 3.60. The van der Waals surface area contributed by atoms with Gasteiger partial charge < -0.3 is 9.90 Å². The summed E-state index contributed by atoms with van der Waals surface area (Å²) >= 11 is 1.35. The van der Waals surface area contributed by atoms with Crippen LogP contribution in [-0.2, 0) is 11.2 Å². The van der Waals surface area contributed by atoms with Crippen LogP contribution < -0.4 is 10.7 Å². The van der Waals surface area contributed by atoms with Crippen LogP contribution in [0.2, 0.25) is 0 Å². The van der Waals surface area contributed by atoms with Gasteiger partial charge in [-0.25, -0.2) is 4.98 Å². The van der Waals surface area contributed by atoms with Gasteiger partial charge in [-0.05, 0) is 12.1 Å². The van der Waals surface area contributed by atoms with Crippen molar-refractivity contribution < 1.29 is 9.90 Å². The van der Waals surface area contributed by atoms with Crippen molar-refractivity contribution in [3.63, 3.8) is 0 Å². The van der Waals surface area contributed by atoms with E-state index < -0.39 is 5.97 Å². The van der Waals surface area contributed by atoms with E-state index in [4.69, 9.17) is 0 Å². The highest BCUT2D eigenvalue weighted by Gasteiger charge is 2.10. The molecule has 2 heterocycles. The summed E-state index contributed by atoms with van der Waals surface area (Å²) < 4.78 is 2.20. The number of carbonyl (C=O) groups is 1. The molecule has 0 aliphatic heterocycles. The molecule has 1 N–H and O–H groups in total. The topological polar surface area (TPSA) is 90.8 Å². The van der Waals surface area contributed by atoms with Crippen LogP contribution >= 0.6 is 11.3 Å². The molecule has 6 nitrogen and oxygen atoms in total. The van der Waals surface area contributed by atoms with E-state index >= 15 is 0 Å². The second-order valence-corrected chi connectivity index (χ2v) is 4.98. The molecule has 0 aliphatic carbocycles. The summed E-state index contributed by atoms with van der Waals surface area (Å²) in [5, 5.41) is 13.7. The summed E-state index contributed by atoms with van der Waals surface area (Å²) in [5.41, 5.74) is 0.755. The number of aromatic nitrogens is 3. The number of thiazole rings is 1. The third kappa shape index (κ3) is 2.15. The van der Waals surface area contributed by atoms with Gasteiger partial charge >= 0.3 is 0 Å². The van der Waals surface area contributed by atoms with Crippen molar-refractivity contribution in [1.82, 2.24) is 14.8 Å². The van der Waals surface area contributed by atoms with Crippen molar-refractivity contribution in [3.05, 3.63) is 46.4 Å². The first-order chi connectivity index (χ1) is 9.13. The smallest absolute Gasteiger partial charge is 0.273 e. The minimum Gasteiger partial charge on any atom is -0.550 e. The Morgan fingerprint density at radius 1 is 1.42 bits per heavy atom. The number of hydrogen-bond donors (Lipinski definition) is 1. The van der Waals surface area contributed by atoms with Gasteiger partial charge in [-0.1, -0.05) is 23.5 Å². The number of fused-ring (bicyclic) bond motifs is 1. The molecule has 0 fully saturated rings. The normalized spacial score (nSPS) is 10.9. The van der Waals surface area contributed by atoms with E-state index in [1.165, 1.54) is 22.1 Å². The van der Waals surface area contributed by atoms with Gasteiger partial charge in [0, 0.05) is 24.2 Å². The Kier molecular flexibility index (Phi) is 2.68. The standard InChI is InChI=1S/C12H9N3O3S/c16-10-5-7(6-11(17)18)14-15(10)12-13-8-3-1-2-4-9(8)19-12/h1-5,14H,6H2,(H,17,18)/p-1. The summed E-state index contributed by atoms with van der Waals surface area (Å²) in [5.74, 6) is -1.24. The molecular formula is C12H8N3O3S-. The van der Waals surface area contributed by atoms with Crippen molar-refractivity contribution >= 4 is 27.5 Å². The fraction of sp³-hybridized carbons (Fsp3) is 0.0833. The Balaban J connectivity index is 2.08. The van der Waals surface area contributed by atoms with Gasteiger partial charge in [-0.2, -0.15) is 4.68 Å². The molecule has 0 aliphatic rings. The average Bonchev–Trinajstić information content (AvgIpc) is 2.91. The van der Waals surface area contributed by atoms with E-state index in [0.29, 0.717) is 10.8 Å². The Labute approximate surface area is 110 Å². The number of rotatable bonds is 3. The molecular weight excluding hydrogens is 266 g/mol. The maximum absolute atomic E-state index is 11.8. The summed E-state index contributed by atoms with van der Waals surface area (Å²) in [4.78, 5) is 26.6. The first kappa shape index (κ1) is 11.7. The van der Waals surface area contributed by atoms with Crippen molar-refractivity contribution in [2.75, 3.05) is 0 Å². The lowest BCUT2D eigenvalue weighted by atomic mass is 10.3. The summed E-state index contributed by atoms with van der Waals surface area (Å²) in [6.07, 6.45) is -0.326. The number of hydrogen-bond acceptors (Lipinski definition) is 5. The molecule has 0 unspecified atom stereocenters. The van der Waals surface area contributed by atoms with Crippen LogP contribution in [0.1, 0.15) is 5.69 Å². The maximum Gasteiger partial charge on any atom is 0.273 e. The Morgan fingerprint density at radius 2 is 2.21 bits per heavy atom. The number of nitrogens with one attached hydrogen (secondary N) is 1. The highest BCUT2D eigenvalue weighted by atomic mass is 32.1. The van der Waals surface area contributed by atoms with E-state index in [2.05, 4.69) is 10.1 Å². The summed E-state index contributed by atoms with van der Waals surface area (Å²) in [7, 11) is 0. The quantitative estimate of drug-likeness (QED) is 0.731. The van der Waals surface area contributed by atoms with Crippen LogP contribution in [0.5, 0.6) is 0 Å². The number of carbonyl (C=O) groups excluding carboxylic acids is 1. The van der Waals surface area contributed by atoms with E-state index in [1.54, 1.807) is 0 Å².